The Morgan fingerprint density at radius 1 is 1.00 bits per heavy atom. The largest absolute Gasteiger partial charge is 0.385 e. The zero-order valence-corrected chi connectivity index (χ0v) is 16.7. The molecule has 0 saturated heterocycles. The highest BCUT2D eigenvalue weighted by molar-refractivity contribution is 6.35. The van der Waals surface area contributed by atoms with Crippen molar-refractivity contribution >= 4 is 23.2 Å². The van der Waals surface area contributed by atoms with Crippen LogP contribution in [0.5, 0.6) is 0 Å². The predicted octanol–water partition coefficient (Wildman–Crippen LogP) is 4.43. The average Bonchev–Trinajstić information content (AvgIpc) is 3.08. The molecule has 0 saturated carbocycles. The lowest BCUT2D eigenvalue weighted by Crippen LogP contribution is -2.17. The van der Waals surface area contributed by atoms with E-state index >= 15 is 0 Å². The monoisotopic (exact) mass is 404 g/mol. The fraction of sp³-hybridized carbons (Fsp3) is 0.300. The van der Waals surface area contributed by atoms with E-state index in [9.17, 15) is 0 Å². The van der Waals surface area contributed by atoms with Crippen LogP contribution >= 0.6 is 23.2 Å². The minimum absolute atomic E-state index is 0.419. The van der Waals surface area contributed by atoms with Gasteiger partial charge in [0.25, 0.3) is 0 Å². The van der Waals surface area contributed by atoms with E-state index in [1.165, 1.54) is 0 Å². The molecule has 0 bridgehead atoms. The van der Waals surface area contributed by atoms with Crippen LogP contribution in [-0.4, -0.2) is 35.3 Å². The van der Waals surface area contributed by atoms with Crippen molar-refractivity contribution in [2.45, 2.75) is 19.5 Å². The van der Waals surface area contributed by atoms with Crippen LogP contribution in [0, 0.1) is 0 Å². The third-order valence-electron chi connectivity index (χ3n) is 4.13. The standard InChI is InChI=1S/C20H22Cl2N4O/c1-27-12-6-11-23-13-19-20(15-7-3-2-4-8-15)25-26(24-19)14-16-17(21)9-5-10-18(16)22/h2-5,7-10,23H,6,11-14H2,1H3. The van der Waals surface area contributed by atoms with Gasteiger partial charge in [-0.25, -0.2) is 0 Å². The summed E-state index contributed by atoms with van der Waals surface area (Å²) in [6.45, 7) is 2.63. The van der Waals surface area contributed by atoms with Gasteiger partial charge in [-0.2, -0.15) is 15.0 Å². The van der Waals surface area contributed by atoms with Gasteiger partial charge in [-0.05, 0) is 25.1 Å². The topological polar surface area (TPSA) is 52.0 Å². The van der Waals surface area contributed by atoms with Crippen LogP contribution in [0.1, 0.15) is 17.7 Å². The Balaban J connectivity index is 1.83. The van der Waals surface area contributed by atoms with E-state index in [2.05, 4.69) is 10.4 Å². The number of benzene rings is 2. The smallest absolute Gasteiger partial charge is 0.117 e. The summed E-state index contributed by atoms with van der Waals surface area (Å²) < 4.78 is 5.08. The number of rotatable bonds is 9. The summed E-state index contributed by atoms with van der Waals surface area (Å²) in [6.07, 6.45) is 0.945. The minimum Gasteiger partial charge on any atom is -0.385 e. The highest BCUT2D eigenvalue weighted by Crippen LogP contribution is 2.26. The average molecular weight is 405 g/mol. The molecule has 1 aromatic heterocycles. The van der Waals surface area contributed by atoms with Crippen molar-refractivity contribution in [2.75, 3.05) is 20.3 Å². The lowest BCUT2D eigenvalue weighted by atomic mass is 10.1. The van der Waals surface area contributed by atoms with Gasteiger partial charge in [-0.1, -0.05) is 59.6 Å². The molecule has 2 aromatic carbocycles. The van der Waals surface area contributed by atoms with Gasteiger partial charge in [0.2, 0.25) is 0 Å². The Labute approximate surface area is 169 Å². The maximum absolute atomic E-state index is 6.30. The highest BCUT2D eigenvalue weighted by Gasteiger charge is 2.15. The molecule has 27 heavy (non-hydrogen) atoms. The molecule has 0 aliphatic heterocycles. The van der Waals surface area contributed by atoms with E-state index in [-0.39, 0.29) is 0 Å². The van der Waals surface area contributed by atoms with Gasteiger partial charge < -0.3 is 10.1 Å². The second-order valence-electron chi connectivity index (χ2n) is 6.12. The number of halogens is 2. The molecular formula is C20H22Cl2N4O. The third kappa shape index (κ3) is 5.30. The van der Waals surface area contributed by atoms with Gasteiger partial charge in [0.05, 0.1) is 6.54 Å². The van der Waals surface area contributed by atoms with Crippen molar-refractivity contribution in [1.82, 2.24) is 20.3 Å². The van der Waals surface area contributed by atoms with Gasteiger partial charge in [0.15, 0.2) is 0 Å². The van der Waals surface area contributed by atoms with Crippen LogP contribution < -0.4 is 5.32 Å². The molecule has 1 N–H and O–H groups in total. The number of nitrogens with one attached hydrogen (secondary N) is 1. The zero-order valence-electron chi connectivity index (χ0n) is 15.2. The predicted molar refractivity (Wildman–Crippen MR) is 109 cm³/mol. The van der Waals surface area contributed by atoms with Crippen LogP contribution in [0.2, 0.25) is 10.0 Å². The van der Waals surface area contributed by atoms with E-state index in [0.29, 0.717) is 23.1 Å². The molecular weight excluding hydrogens is 383 g/mol. The molecule has 7 heteroatoms. The lowest BCUT2D eigenvalue weighted by Gasteiger charge is -2.05. The van der Waals surface area contributed by atoms with Crippen LogP contribution in [-0.2, 0) is 17.8 Å². The first kappa shape index (κ1) is 19.8. The minimum atomic E-state index is 0.419. The summed E-state index contributed by atoms with van der Waals surface area (Å²) in [5.41, 5.74) is 3.59. The van der Waals surface area contributed by atoms with Gasteiger partial charge in [0, 0.05) is 41.4 Å². The maximum atomic E-state index is 6.30. The number of hydrogen-bond donors (Lipinski definition) is 1. The van der Waals surface area contributed by atoms with Crippen LogP contribution in [0.3, 0.4) is 0 Å². The normalized spacial score (nSPS) is 11.1. The number of aromatic nitrogens is 3. The van der Waals surface area contributed by atoms with E-state index < -0.39 is 0 Å². The first-order valence-electron chi connectivity index (χ1n) is 8.81. The van der Waals surface area contributed by atoms with Gasteiger partial charge in [-0.15, -0.1) is 0 Å². The molecule has 0 aliphatic carbocycles. The number of nitrogens with zero attached hydrogens (tertiary/aromatic N) is 3. The molecule has 0 unspecified atom stereocenters. The fourth-order valence-electron chi connectivity index (χ4n) is 2.77. The van der Waals surface area contributed by atoms with Crippen molar-refractivity contribution in [3.8, 4) is 11.3 Å². The molecule has 5 nitrogen and oxygen atoms in total. The van der Waals surface area contributed by atoms with Crippen molar-refractivity contribution in [3.05, 3.63) is 69.8 Å². The van der Waals surface area contributed by atoms with Gasteiger partial charge in [-0.3, -0.25) is 0 Å². The SMILES string of the molecule is COCCCNCc1nn(Cc2c(Cl)cccc2Cl)nc1-c1ccccc1. The summed E-state index contributed by atoms with van der Waals surface area (Å²) >= 11 is 12.6. The first-order chi connectivity index (χ1) is 13.2. The molecule has 0 atom stereocenters. The maximum Gasteiger partial charge on any atom is 0.117 e. The number of hydrogen-bond acceptors (Lipinski definition) is 4. The molecule has 0 amide bonds. The summed E-state index contributed by atoms with van der Waals surface area (Å²) in [6, 6.07) is 15.5. The fourth-order valence-corrected chi connectivity index (χ4v) is 3.28. The van der Waals surface area contributed by atoms with Crippen molar-refractivity contribution in [1.29, 1.82) is 0 Å². The Bertz CT molecular complexity index is 847. The van der Waals surface area contributed by atoms with Crippen molar-refractivity contribution in [3.63, 3.8) is 0 Å². The zero-order chi connectivity index (χ0) is 19.1. The van der Waals surface area contributed by atoms with Crippen molar-refractivity contribution < 1.29 is 4.74 Å². The Morgan fingerprint density at radius 2 is 1.74 bits per heavy atom. The molecule has 0 aliphatic rings. The van der Waals surface area contributed by atoms with Gasteiger partial charge >= 0.3 is 0 Å². The molecule has 3 rings (SSSR count). The lowest BCUT2D eigenvalue weighted by molar-refractivity contribution is 0.194. The number of methoxy groups -OCH3 is 1. The summed E-state index contributed by atoms with van der Waals surface area (Å²) in [7, 11) is 1.71. The first-order valence-corrected chi connectivity index (χ1v) is 9.56. The Kier molecular flexibility index (Phi) is 7.24. The van der Waals surface area contributed by atoms with E-state index in [0.717, 1.165) is 42.1 Å². The second kappa shape index (κ2) is 9.85. The summed E-state index contributed by atoms with van der Waals surface area (Å²) in [5, 5.41) is 14.0. The Morgan fingerprint density at radius 3 is 2.44 bits per heavy atom. The molecule has 0 fully saturated rings. The van der Waals surface area contributed by atoms with Crippen LogP contribution in [0.15, 0.2) is 48.5 Å². The quantitative estimate of drug-likeness (QED) is 0.536. The van der Waals surface area contributed by atoms with E-state index in [1.807, 2.05) is 48.5 Å². The van der Waals surface area contributed by atoms with E-state index in [1.54, 1.807) is 11.9 Å². The molecule has 0 spiro atoms. The summed E-state index contributed by atoms with van der Waals surface area (Å²) in [4.78, 5) is 1.65. The molecule has 0 radical (unpaired) electrons. The Hall–Kier alpha value is -1.92. The van der Waals surface area contributed by atoms with Crippen LogP contribution in [0.25, 0.3) is 11.3 Å². The molecule has 1 heterocycles. The molecule has 142 valence electrons. The van der Waals surface area contributed by atoms with Crippen molar-refractivity contribution in [2.24, 2.45) is 0 Å². The number of ether oxygens (including phenoxy) is 1. The van der Waals surface area contributed by atoms with Crippen LogP contribution in [0.4, 0.5) is 0 Å². The third-order valence-corrected chi connectivity index (χ3v) is 4.84. The summed E-state index contributed by atoms with van der Waals surface area (Å²) in [5.74, 6) is 0. The van der Waals surface area contributed by atoms with E-state index in [4.69, 9.17) is 33.0 Å². The molecule has 3 aromatic rings. The second-order valence-corrected chi connectivity index (χ2v) is 6.93. The van der Waals surface area contributed by atoms with Gasteiger partial charge in [0.1, 0.15) is 11.4 Å². The highest BCUT2D eigenvalue weighted by atomic mass is 35.5.